The van der Waals surface area contributed by atoms with Crippen LogP contribution in [0.3, 0.4) is 0 Å². The Labute approximate surface area is 139 Å². The van der Waals surface area contributed by atoms with Gasteiger partial charge < -0.3 is 4.74 Å². The summed E-state index contributed by atoms with van der Waals surface area (Å²) in [6.07, 6.45) is 2.17. The minimum Gasteiger partial charge on any atom is -0.477 e. The molecule has 124 valence electrons. The molecule has 0 saturated carbocycles. The third-order valence-corrected chi connectivity index (χ3v) is 3.19. The van der Waals surface area contributed by atoms with Crippen LogP contribution in [0.25, 0.3) is 0 Å². The van der Waals surface area contributed by atoms with E-state index < -0.39 is 10.8 Å². The van der Waals surface area contributed by atoms with Gasteiger partial charge in [0.25, 0.3) is 5.91 Å². The van der Waals surface area contributed by atoms with Crippen molar-refractivity contribution in [1.82, 2.24) is 5.43 Å². The van der Waals surface area contributed by atoms with Crippen molar-refractivity contribution in [1.29, 1.82) is 0 Å². The lowest BCUT2D eigenvalue weighted by Gasteiger charge is -2.07. The van der Waals surface area contributed by atoms with Gasteiger partial charge in [-0.05, 0) is 23.6 Å². The molecule has 0 heterocycles. The van der Waals surface area contributed by atoms with Gasteiger partial charge in [0.05, 0.1) is 11.1 Å². The van der Waals surface area contributed by atoms with Gasteiger partial charge in [-0.1, -0.05) is 43.3 Å². The van der Waals surface area contributed by atoms with Gasteiger partial charge in [0.15, 0.2) is 12.4 Å². The van der Waals surface area contributed by atoms with Crippen molar-refractivity contribution in [3.8, 4) is 5.75 Å². The molecule has 0 fully saturated rings. The minimum atomic E-state index is -0.528. The van der Waals surface area contributed by atoms with E-state index in [9.17, 15) is 14.9 Å². The largest absolute Gasteiger partial charge is 0.477 e. The second kappa shape index (κ2) is 8.42. The predicted molar refractivity (Wildman–Crippen MR) is 90.1 cm³/mol. The Hall–Kier alpha value is -3.22. The molecule has 7 nitrogen and oxygen atoms in total. The molecule has 0 aliphatic carbocycles. The lowest BCUT2D eigenvalue weighted by Crippen LogP contribution is -2.24. The molecular weight excluding hydrogens is 310 g/mol. The molecule has 0 aromatic heterocycles. The van der Waals surface area contributed by atoms with E-state index in [1.165, 1.54) is 18.3 Å². The van der Waals surface area contributed by atoms with Gasteiger partial charge in [0.2, 0.25) is 0 Å². The smallest absolute Gasteiger partial charge is 0.311 e. The third kappa shape index (κ3) is 4.91. The van der Waals surface area contributed by atoms with Crippen LogP contribution in [0, 0.1) is 10.1 Å². The zero-order chi connectivity index (χ0) is 17.4. The van der Waals surface area contributed by atoms with Crippen LogP contribution in [-0.4, -0.2) is 23.7 Å². The molecule has 2 aromatic carbocycles. The Morgan fingerprint density at radius 3 is 2.71 bits per heavy atom. The lowest BCUT2D eigenvalue weighted by atomic mass is 10.1. The molecule has 24 heavy (non-hydrogen) atoms. The summed E-state index contributed by atoms with van der Waals surface area (Å²) in [4.78, 5) is 22.2. The number of rotatable bonds is 7. The van der Waals surface area contributed by atoms with E-state index in [1.54, 1.807) is 6.07 Å². The maximum atomic E-state index is 11.7. The van der Waals surface area contributed by atoms with Crippen LogP contribution in [0.2, 0.25) is 0 Å². The molecule has 2 rings (SSSR count). The number of carbonyl (C=O) groups is 1. The summed E-state index contributed by atoms with van der Waals surface area (Å²) in [5, 5.41) is 14.9. The van der Waals surface area contributed by atoms with Gasteiger partial charge in [-0.2, -0.15) is 5.10 Å². The van der Waals surface area contributed by atoms with Crippen molar-refractivity contribution in [3.05, 3.63) is 69.8 Å². The molecule has 0 saturated heterocycles. The molecular formula is C17H17N3O4. The minimum absolute atomic E-state index is 0.0550. The predicted octanol–water partition coefficient (Wildman–Crippen LogP) is 2.69. The summed E-state index contributed by atoms with van der Waals surface area (Å²) in [5.41, 5.74) is 3.81. The fourth-order valence-electron chi connectivity index (χ4n) is 1.94. The summed E-state index contributed by atoms with van der Waals surface area (Å²) in [5.74, 6) is -0.449. The maximum Gasteiger partial charge on any atom is 0.311 e. The van der Waals surface area contributed by atoms with E-state index in [-0.39, 0.29) is 18.0 Å². The van der Waals surface area contributed by atoms with E-state index >= 15 is 0 Å². The van der Waals surface area contributed by atoms with Crippen LogP contribution < -0.4 is 10.2 Å². The molecule has 0 spiro atoms. The molecule has 0 unspecified atom stereocenters. The topological polar surface area (TPSA) is 93.8 Å². The van der Waals surface area contributed by atoms with Gasteiger partial charge in [0.1, 0.15) is 0 Å². The second-order valence-corrected chi connectivity index (χ2v) is 4.91. The number of nitro benzene ring substituents is 1. The lowest BCUT2D eigenvalue weighted by molar-refractivity contribution is -0.385. The van der Waals surface area contributed by atoms with Gasteiger partial charge in [-0.25, -0.2) is 5.43 Å². The average molecular weight is 327 g/mol. The highest BCUT2D eigenvalue weighted by atomic mass is 16.6. The molecule has 1 N–H and O–H groups in total. The van der Waals surface area contributed by atoms with Crippen molar-refractivity contribution in [2.45, 2.75) is 13.3 Å². The number of nitro groups is 1. The number of ether oxygens (including phenoxy) is 1. The molecule has 7 heteroatoms. The fraction of sp³-hybridized carbons (Fsp3) is 0.176. The number of carbonyl (C=O) groups excluding carboxylic acids is 1. The van der Waals surface area contributed by atoms with Crippen molar-refractivity contribution < 1.29 is 14.5 Å². The molecule has 0 radical (unpaired) electrons. The van der Waals surface area contributed by atoms with Crippen LogP contribution in [0.5, 0.6) is 5.75 Å². The Morgan fingerprint density at radius 2 is 2.04 bits per heavy atom. The average Bonchev–Trinajstić information content (AvgIpc) is 2.60. The highest BCUT2D eigenvalue weighted by Gasteiger charge is 2.16. The third-order valence-electron chi connectivity index (χ3n) is 3.19. The van der Waals surface area contributed by atoms with Crippen LogP contribution in [0.4, 0.5) is 5.69 Å². The van der Waals surface area contributed by atoms with Crippen molar-refractivity contribution in [3.63, 3.8) is 0 Å². The van der Waals surface area contributed by atoms with Crippen LogP contribution >= 0.6 is 0 Å². The second-order valence-electron chi connectivity index (χ2n) is 4.91. The van der Waals surface area contributed by atoms with Crippen molar-refractivity contribution in [2.24, 2.45) is 5.10 Å². The first-order chi connectivity index (χ1) is 11.6. The van der Waals surface area contributed by atoms with Gasteiger partial charge in [0, 0.05) is 6.07 Å². The van der Waals surface area contributed by atoms with Crippen LogP contribution in [0.1, 0.15) is 18.1 Å². The quantitative estimate of drug-likeness (QED) is 0.480. The number of aryl methyl sites for hydroxylation is 1. The van der Waals surface area contributed by atoms with Crippen LogP contribution in [-0.2, 0) is 11.2 Å². The number of hydrogen-bond acceptors (Lipinski definition) is 5. The monoisotopic (exact) mass is 327 g/mol. The van der Waals surface area contributed by atoms with Gasteiger partial charge in [-0.3, -0.25) is 14.9 Å². The number of hydrazone groups is 1. The van der Waals surface area contributed by atoms with E-state index in [0.29, 0.717) is 6.42 Å². The SMILES string of the molecule is CCc1ccc(OCC(=O)N/N=C/c2ccccc2)c([N+](=O)[O-])c1. The van der Waals surface area contributed by atoms with Crippen LogP contribution in [0.15, 0.2) is 53.6 Å². The molecule has 2 aromatic rings. The molecule has 1 amide bonds. The Balaban J connectivity index is 1.92. The molecule has 0 aliphatic heterocycles. The van der Waals surface area contributed by atoms with E-state index in [1.807, 2.05) is 37.3 Å². The normalized spacial score (nSPS) is 10.5. The Kier molecular flexibility index (Phi) is 6.01. The zero-order valence-electron chi connectivity index (χ0n) is 13.1. The number of hydrogen-bond donors (Lipinski definition) is 1. The van der Waals surface area contributed by atoms with E-state index in [2.05, 4.69) is 10.5 Å². The summed E-state index contributed by atoms with van der Waals surface area (Å²) >= 11 is 0. The molecule has 0 atom stereocenters. The first-order valence-corrected chi connectivity index (χ1v) is 7.37. The number of amides is 1. The summed E-state index contributed by atoms with van der Waals surface area (Å²) in [6, 6.07) is 13.9. The highest BCUT2D eigenvalue weighted by Crippen LogP contribution is 2.28. The fourth-order valence-corrected chi connectivity index (χ4v) is 1.94. The molecule has 0 aliphatic rings. The zero-order valence-corrected chi connectivity index (χ0v) is 13.1. The summed E-state index contributed by atoms with van der Waals surface area (Å²) in [6.45, 7) is 1.54. The summed E-state index contributed by atoms with van der Waals surface area (Å²) in [7, 11) is 0. The number of nitrogens with zero attached hydrogens (tertiary/aromatic N) is 2. The number of benzene rings is 2. The Bertz CT molecular complexity index is 745. The van der Waals surface area contributed by atoms with E-state index in [0.717, 1.165) is 11.1 Å². The highest BCUT2D eigenvalue weighted by molar-refractivity contribution is 5.82. The first kappa shape index (κ1) is 17.1. The Morgan fingerprint density at radius 1 is 1.29 bits per heavy atom. The van der Waals surface area contributed by atoms with Gasteiger partial charge in [-0.15, -0.1) is 0 Å². The molecule has 0 bridgehead atoms. The maximum absolute atomic E-state index is 11.7. The number of nitrogens with one attached hydrogen (secondary N) is 1. The van der Waals surface area contributed by atoms with Crippen molar-refractivity contribution >= 4 is 17.8 Å². The van der Waals surface area contributed by atoms with E-state index in [4.69, 9.17) is 4.74 Å². The van der Waals surface area contributed by atoms with Gasteiger partial charge >= 0.3 is 5.69 Å². The summed E-state index contributed by atoms with van der Waals surface area (Å²) < 4.78 is 5.23. The first-order valence-electron chi connectivity index (χ1n) is 7.37. The standard InChI is InChI=1S/C17H17N3O4/c1-2-13-8-9-16(15(10-13)20(22)23)24-12-17(21)19-18-11-14-6-4-3-5-7-14/h3-11H,2,12H2,1H3,(H,19,21)/b18-11+. The van der Waals surface area contributed by atoms with Crippen molar-refractivity contribution in [2.75, 3.05) is 6.61 Å².